The van der Waals surface area contributed by atoms with Crippen molar-refractivity contribution >= 4 is 17.6 Å². The average molecular weight is 377 g/mol. The van der Waals surface area contributed by atoms with Crippen LogP contribution in [0.25, 0.3) is 0 Å². The number of aryl methyl sites for hydroxylation is 2. The number of nitrogens with zero attached hydrogens (tertiary/aromatic N) is 2. The van der Waals surface area contributed by atoms with E-state index in [2.05, 4.69) is 10.4 Å². The Morgan fingerprint density at radius 2 is 1.71 bits per heavy atom. The first-order chi connectivity index (χ1) is 13.5. The van der Waals surface area contributed by atoms with Crippen LogP contribution in [-0.2, 0) is 23.0 Å². The third-order valence-corrected chi connectivity index (χ3v) is 4.58. The largest absolute Gasteiger partial charge is 0.452 e. The van der Waals surface area contributed by atoms with Gasteiger partial charge in [-0.25, -0.2) is 4.79 Å². The lowest BCUT2D eigenvalue weighted by atomic mass is 10.00. The Morgan fingerprint density at radius 1 is 1.04 bits per heavy atom. The van der Waals surface area contributed by atoms with E-state index in [0.717, 1.165) is 16.8 Å². The van der Waals surface area contributed by atoms with E-state index in [1.165, 1.54) is 0 Å². The van der Waals surface area contributed by atoms with Gasteiger partial charge in [-0.15, -0.1) is 0 Å². The summed E-state index contributed by atoms with van der Waals surface area (Å²) in [4.78, 5) is 24.7. The monoisotopic (exact) mass is 377 g/mol. The van der Waals surface area contributed by atoms with Crippen LogP contribution in [0.2, 0.25) is 0 Å². The minimum absolute atomic E-state index is 0.355. The molecule has 6 heteroatoms. The van der Waals surface area contributed by atoms with Gasteiger partial charge in [0.25, 0.3) is 5.91 Å². The molecular weight excluding hydrogens is 354 g/mol. The van der Waals surface area contributed by atoms with Gasteiger partial charge in [0, 0.05) is 7.05 Å². The number of ether oxygens (including phenoxy) is 1. The summed E-state index contributed by atoms with van der Waals surface area (Å²) in [7, 11) is 1.81. The number of carbonyl (C=O) groups is 2. The van der Waals surface area contributed by atoms with Gasteiger partial charge in [0.1, 0.15) is 0 Å². The molecule has 3 rings (SSSR count). The van der Waals surface area contributed by atoms with Crippen molar-refractivity contribution < 1.29 is 14.3 Å². The van der Waals surface area contributed by atoms with Gasteiger partial charge in [-0.05, 0) is 37.5 Å². The molecule has 6 nitrogen and oxygen atoms in total. The number of hydrogen-bond acceptors (Lipinski definition) is 4. The summed E-state index contributed by atoms with van der Waals surface area (Å²) in [5.74, 6) is -0.908. The number of nitrogens with one attached hydrogen (secondary N) is 1. The van der Waals surface area contributed by atoms with Crippen molar-refractivity contribution in [1.82, 2.24) is 9.78 Å². The lowest BCUT2D eigenvalue weighted by Crippen LogP contribution is -2.22. The molecular formula is C22H23N3O3. The molecule has 1 aromatic heterocycles. The van der Waals surface area contributed by atoms with E-state index in [1.54, 1.807) is 16.8 Å². The number of anilines is 1. The van der Waals surface area contributed by atoms with Crippen LogP contribution in [0.1, 0.15) is 32.9 Å². The summed E-state index contributed by atoms with van der Waals surface area (Å²) < 4.78 is 6.94. The van der Waals surface area contributed by atoms with Gasteiger partial charge in [0.05, 0.1) is 22.6 Å². The van der Waals surface area contributed by atoms with Crippen LogP contribution in [0.15, 0.2) is 54.6 Å². The fourth-order valence-electron chi connectivity index (χ4n) is 3.03. The second-order valence-electron chi connectivity index (χ2n) is 6.61. The summed E-state index contributed by atoms with van der Waals surface area (Å²) in [6.07, 6.45) is 0.617. The van der Waals surface area contributed by atoms with E-state index >= 15 is 0 Å². The van der Waals surface area contributed by atoms with Crippen LogP contribution < -0.4 is 5.32 Å². The van der Waals surface area contributed by atoms with Crippen molar-refractivity contribution in [2.45, 2.75) is 20.3 Å². The van der Waals surface area contributed by atoms with E-state index in [0.29, 0.717) is 23.4 Å². The van der Waals surface area contributed by atoms with Crippen molar-refractivity contribution in [2.75, 3.05) is 11.9 Å². The van der Waals surface area contributed by atoms with Crippen molar-refractivity contribution in [2.24, 2.45) is 7.05 Å². The third kappa shape index (κ3) is 4.46. The zero-order valence-electron chi connectivity index (χ0n) is 16.2. The minimum Gasteiger partial charge on any atom is -0.452 e. The van der Waals surface area contributed by atoms with Gasteiger partial charge in [-0.3, -0.25) is 9.48 Å². The molecule has 144 valence electrons. The molecule has 1 heterocycles. The molecule has 0 atom stereocenters. The Kier molecular flexibility index (Phi) is 5.89. The zero-order chi connectivity index (χ0) is 20.1. The number of esters is 1. The van der Waals surface area contributed by atoms with Crippen LogP contribution in [0.4, 0.5) is 5.69 Å². The molecule has 1 amide bonds. The summed E-state index contributed by atoms with van der Waals surface area (Å²) in [6.45, 7) is 3.32. The summed E-state index contributed by atoms with van der Waals surface area (Å²) in [5, 5.41) is 7.01. The Bertz CT molecular complexity index is 994. The van der Waals surface area contributed by atoms with Crippen LogP contribution in [0.5, 0.6) is 0 Å². The fraction of sp³-hybridized carbons (Fsp3) is 0.227. The van der Waals surface area contributed by atoms with Gasteiger partial charge in [-0.1, -0.05) is 48.5 Å². The van der Waals surface area contributed by atoms with Crippen LogP contribution in [0.3, 0.4) is 0 Å². The maximum atomic E-state index is 12.5. The first kappa shape index (κ1) is 19.4. The highest BCUT2D eigenvalue weighted by molar-refractivity contribution is 5.96. The lowest BCUT2D eigenvalue weighted by molar-refractivity contribution is -0.119. The van der Waals surface area contributed by atoms with Gasteiger partial charge in [-0.2, -0.15) is 5.10 Å². The Morgan fingerprint density at radius 3 is 2.39 bits per heavy atom. The van der Waals surface area contributed by atoms with Crippen LogP contribution in [0, 0.1) is 13.8 Å². The van der Waals surface area contributed by atoms with Crippen molar-refractivity contribution in [3.05, 3.63) is 82.7 Å². The van der Waals surface area contributed by atoms with Crippen molar-refractivity contribution in [3.63, 3.8) is 0 Å². The number of hydrogen-bond donors (Lipinski definition) is 1. The lowest BCUT2D eigenvalue weighted by Gasteiger charge is -2.10. The maximum Gasteiger partial charge on any atom is 0.338 e. The molecule has 0 aliphatic heterocycles. The van der Waals surface area contributed by atoms with Crippen LogP contribution in [-0.4, -0.2) is 28.3 Å². The third-order valence-electron chi connectivity index (χ3n) is 4.58. The van der Waals surface area contributed by atoms with Gasteiger partial charge in [0.2, 0.25) is 0 Å². The predicted molar refractivity (Wildman–Crippen MR) is 107 cm³/mol. The van der Waals surface area contributed by atoms with Crippen molar-refractivity contribution in [1.29, 1.82) is 0 Å². The fourth-order valence-corrected chi connectivity index (χ4v) is 3.03. The first-order valence-electron chi connectivity index (χ1n) is 9.04. The molecule has 1 N–H and O–H groups in total. The highest BCUT2D eigenvalue weighted by Crippen LogP contribution is 2.18. The molecule has 28 heavy (non-hydrogen) atoms. The standard InChI is InChI=1S/C22H23N3O3/c1-15-21(16(2)25(3)24-15)23-20(26)14-28-22(27)19-12-8-7-11-18(19)13-17-9-5-4-6-10-17/h4-12H,13-14H2,1-3H3,(H,23,26). The Labute approximate surface area is 164 Å². The van der Waals surface area contributed by atoms with Crippen LogP contribution >= 0.6 is 0 Å². The Balaban J connectivity index is 1.64. The molecule has 0 aliphatic carbocycles. The topological polar surface area (TPSA) is 73.2 Å². The molecule has 3 aromatic rings. The smallest absolute Gasteiger partial charge is 0.338 e. The second kappa shape index (κ2) is 8.52. The minimum atomic E-state index is -0.513. The number of carbonyl (C=O) groups excluding carboxylic acids is 2. The molecule has 0 bridgehead atoms. The molecule has 0 unspecified atom stereocenters. The molecule has 0 radical (unpaired) electrons. The molecule has 0 fully saturated rings. The summed E-state index contributed by atoms with van der Waals surface area (Å²) >= 11 is 0. The van der Waals surface area contributed by atoms with E-state index < -0.39 is 11.9 Å². The Hall–Kier alpha value is -3.41. The SMILES string of the molecule is Cc1nn(C)c(C)c1NC(=O)COC(=O)c1ccccc1Cc1ccccc1. The first-order valence-corrected chi connectivity index (χ1v) is 9.04. The maximum absolute atomic E-state index is 12.5. The zero-order valence-corrected chi connectivity index (χ0v) is 16.2. The van der Waals surface area contributed by atoms with E-state index in [1.807, 2.05) is 63.4 Å². The quantitative estimate of drug-likeness (QED) is 0.668. The molecule has 0 saturated carbocycles. The van der Waals surface area contributed by atoms with Gasteiger partial charge >= 0.3 is 5.97 Å². The average Bonchev–Trinajstić information content (AvgIpc) is 2.93. The summed E-state index contributed by atoms with van der Waals surface area (Å²) in [6, 6.07) is 17.2. The highest BCUT2D eigenvalue weighted by Gasteiger charge is 2.16. The van der Waals surface area contributed by atoms with E-state index in [-0.39, 0.29) is 6.61 Å². The van der Waals surface area contributed by atoms with Gasteiger partial charge in [0.15, 0.2) is 6.61 Å². The normalized spacial score (nSPS) is 10.5. The summed E-state index contributed by atoms with van der Waals surface area (Å²) in [5.41, 5.74) is 4.63. The second-order valence-corrected chi connectivity index (χ2v) is 6.61. The number of aromatic nitrogens is 2. The van der Waals surface area contributed by atoms with Gasteiger partial charge < -0.3 is 10.1 Å². The highest BCUT2D eigenvalue weighted by atomic mass is 16.5. The predicted octanol–water partition coefficient (Wildman–Crippen LogP) is 3.42. The molecule has 2 aromatic carbocycles. The van der Waals surface area contributed by atoms with E-state index in [4.69, 9.17) is 4.74 Å². The molecule has 0 saturated heterocycles. The van der Waals surface area contributed by atoms with Crippen molar-refractivity contribution in [3.8, 4) is 0 Å². The number of amides is 1. The molecule has 0 spiro atoms. The number of rotatable bonds is 6. The number of benzene rings is 2. The molecule has 0 aliphatic rings. The van der Waals surface area contributed by atoms with E-state index in [9.17, 15) is 9.59 Å².